The number of rotatable bonds is 4. The smallest absolute Gasteiger partial charge is 0.267 e. The van der Waals surface area contributed by atoms with E-state index < -0.39 is 5.91 Å². The first kappa shape index (κ1) is 15.3. The molecule has 0 bridgehead atoms. The maximum atomic E-state index is 12.0. The summed E-state index contributed by atoms with van der Waals surface area (Å²) in [5.74, 6) is 0.104. The molecule has 22 heavy (non-hydrogen) atoms. The molecule has 0 radical (unpaired) electrons. The minimum atomic E-state index is -0.467. The molecule has 0 fully saturated rings. The molecule has 5 nitrogen and oxygen atoms in total. The van der Waals surface area contributed by atoms with Gasteiger partial charge in [0.2, 0.25) is 0 Å². The van der Waals surface area contributed by atoms with Gasteiger partial charge in [-0.1, -0.05) is 23.8 Å². The van der Waals surface area contributed by atoms with Crippen molar-refractivity contribution in [3.8, 4) is 6.07 Å². The van der Waals surface area contributed by atoms with Crippen LogP contribution in [-0.2, 0) is 4.79 Å². The zero-order chi connectivity index (χ0) is 15.9. The third-order valence-electron chi connectivity index (χ3n) is 2.95. The molecule has 2 aromatic rings. The van der Waals surface area contributed by atoms with Crippen LogP contribution in [0, 0.1) is 25.2 Å². The molecule has 0 aliphatic rings. The Morgan fingerprint density at radius 2 is 1.82 bits per heavy atom. The molecule has 0 saturated carbocycles. The highest BCUT2D eigenvalue weighted by molar-refractivity contribution is 6.06. The summed E-state index contributed by atoms with van der Waals surface area (Å²) >= 11 is 0. The number of benzene rings is 1. The van der Waals surface area contributed by atoms with E-state index in [4.69, 9.17) is 5.26 Å². The van der Waals surface area contributed by atoms with Crippen LogP contribution in [0.15, 0.2) is 54.4 Å². The third kappa shape index (κ3) is 4.18. The summed E-state index contributed by atoms with van der Waals surface area (Å²) < 4.78 is 0. The molecular weight excluding hydrogens is 276 g/mol. The van der Waals surface area contributed by atoms with Gasteiger partial charge in [0.1, 0.15) is 17.5 Å². The number of hydrogen-bond donors (Lipinski definition) is 2. The van der Waals surface area contributed by atoms with Crippen LogP contribution in [-0.4, -0.2) is 10.9 Å². The van der Waals surface area contributed by atoms with Gasteiger partial charge >= 0.3 is 0 Å². The van der Waals surface area contributed by atoms with Gasteiger partial charge in [-0.15, -0.1) is 0 Å². The second-order valence-corrected chi connectivity index (χ2v) is 4.86. The summed E-state index contributed by atoms with van der Waals surface area (Å²) in [6.07, 6.45) is 3.05. The summed E-state index contributed by atoms with van der Waals surface area (Å²) in [6.45, 7) is 3.90. The molecule has 2 rings (SSSR count). The van der Waals surface area contributed by atoms with Crippen LogP contribution in [0.3, 0.4) is 0 Å². The van der Waals surface area contributed by atoms with Crippen molar-refractivity contribution >= 4 is 17.4 Å². The van der Waals surface area contributed by atoms with Crippen molar-refractivity contribution in [2.75, 3.05) is 10.6 Å². The predicted molar refractivity (Wildman–Crippen MR) is 86.1 cm³/mol. The normalized spacial score (nSPS) is 10.7. The fourth-order valence-electron chi connectivity index (χ4n) is 1.68. The molecule has 0 aliphatic heterocycles. The molecule has 0 unspecified atom stereocenters. The summed E-state index contributed by atoms with van der Waals surface area (Å²) in [5.41, 5.74) is 2.75. The number of nitrogens with zero attached hydrogens (tertiary/aromatic N) is 2. The molecule has 0 aliphatic carbocycles. The highest BCUT2D eigenvalue weighted by Crippen LogP contribution is 2.10. The molecule has 5 heteroatoms. The first-order valence-corrected chi connectivity index (χ1v) is 6.76. The van der Waals surface area contributed by atoms with E-state index in [9.17, 15) is 4.79 Å². The van der Waals surface area contributed by atoms with Gasteiger partial charge in [-0.05, 0) is 37.6 Å². The number of pyridine rings is 1. The van der Waals surface area contributed by atoms with Crippen molar-refractivity contribution in [2.45, 2.75) is 13.8 Å². The number of carbonyl (C=O) groups excluding carboxylic acids is 1. The molecule has 1 aromatic carbocycles. The summed E-state index contributed by atoms with van der Waals surface area (Å²) in [6, 6.07) is 12.9. The first-order chi connectivity index (χ1) is 10.6. The maximum Gasteiger partial charge on any atom is 0.267 e. The van der Waals surface area contributed by atoms with Crippen molar-refractivity contribution in [3.63, 3.8) is 0 Å². The van der Waals surface area contributed by atoms with Crippen molar-refractivity contribution in [2.24, 2.45) is 0 Å². The Morgan fingerprint density at radius 3 is 2.41 bits per heavy atom. The van der Waals surface area contributed by atoms with Crippen molar-refractivity contribution in [1.29, 1.82) is 5.26 Å². The van der Waals surface area contributed by atoms with E-state index in [1.165, 1.54) is 6.20 Å². The van der Waals surface area contributed by atoms with Gasteiger partial charge in [0, 0.05) is 18.1 Å². The number of aryl methyl sites for hydroxylation is 2. The lowest BCUT2D eigenvalue weighted by Gasteiger charge is -2.05. The van der Waals surface area contributed by atoms with Crippen LogP contribution >= 0.6 is 0 Å². The lowest BCUT2D eigenvalue weighted by Crippen LogP contribution is -2.14. The van der Waals surface area contributed by atoms with Crippen LogP contribution in [0.25, 0.3) is 0 Å². The first-order valence-electron chi connectivity index (χ1n) is 6.76. The van der Waals surface area contributed by atoms with Gasteiger partial charge in [0.05, 0.1) is 0 Å². The number of hydrogen-bond acceptors (Lipinski definition) is 4. The van der Waals surface area contributed by atoms with E-state index in [0.717, 1.165) is 11.1 Å². The second-order valence-electron chi connectivity index (χ2n) is 4.86. The van der Waals surface area contributed by atoms with Crippen molar-refractivity contribution in [3.05, 3.63) is 65.5 Å². The molecule has 0 atom stereocenters. The molecule has 0 spiro atoms. The molecule has 1 aromatic heterocycles. The van der Waals surface area contributed by atoms with Gasteiger partial charge in [-0.3, -0.25) is 4.79 Å². The van der Waals surface area contributed by atoms with Crippen LogP contribution < -0.4 is 10.6 Å². The monoisotopic (exact) mass is 292 g/mol. The fourth-order valence-corrected chi connectivity index (χ4v) is 1.68. The minimum Gasteiger partial charge on any atom is -0.345 e. The molecule has 110 valence electrons. The Morgan fingerprint density at radius 1 is 1.14 bits per heavy atom. The highest BCUT2D eigenvalue weighted by Gasteiger charge is 2.09. The number of anilines is 2. The van der Waals surface area contributed by atoms with E-state index in [1.807, 2.05) is 38.1 Å². The Labute approximate surface area is 129 Å². The average molecular weight is 292 g/mol. The lowest BCUT2D eigenvalue weighted by atomic mass is 10.2. The van der Waals surface area contributed by atoms with Crippen LogP contribution in [0.2, 0.25) is 0 Å². The predicted octanol–water partition coefficient (Wildman–Crippen LogP) is 3.16. The van der Waals surface area contributed by atoms with Gasteiger partial charge in [-0.2, -0.15) is 5.26 Å². The van der Waals surface area contributed by atoms with Gasteiger partial charge in [0.15, 0.2) is 0 Å². The Hall–Kier alpha value is -3.13. The summed E-state index contributed by atoms with van der Waals surface area (Å²) in [5, 5.41) is 14.6. The standard InChI is InChI=1S/C17H16N4O/c1-12-3-6-15(7-4-12)21-17(22)14(9-18)11-20-16-8-5-13(2)10-19-16/h3-8,10-11H,1-2H3,(H,19,20)(H,21,22)/b14-11-. The molecule has 2 N–H and O–H groups in total. The average Bonchev–Trinajstić information content (AvgIpc) is 2.52. The lowest BCUT2D eigenvalue weighted by molar-refractivity contribution is -0.112. The number of nitriles is 1. The zero-order valence-corrected chi connectivity index (χ0v) is 12.4. The molecule has 1 amide bonds. The van der Waals surface area contributed by atoms with Gasteiger partial charge < -0.3 is 10.6 Å². The van der Waals surface area contributed by atoms with Crippen molar-refractivity contribution in [1.82, 2.24) is 4.98 Å². The topological polar surface area (TPSA) is 77.8 Å². The molecular formula is C17H16N4O. The Balaban J connectivity index is 2.05. The SMILES string of the molecule is Cc1ccc(NC(=O)/C(C#N)=C\Nc2ccc(C)cn2)cc1. The Bertz CT molecular complexity index is 725. The molecule has 1 heterocycles. The van der Waals surface area contributed by atoms with E-state index in [0.29, 0.717) is 11.5 Å². The number of amides is 1. The minimum absolute atomic E-state index is 0.0250. The van der Waals surface area contributed by atoms with Crippen molar-refractivity contribution < 1.29 is 4.79 Å². The van der Waals surface area contributed by atoms with Gasteiger partial charge in [-0.25, -0.2) is 4.98 Å². The zero-order valence-electron chi connectivity index (χ0n) is 12.4. The third-order valence-corrected chi connectivity index (χ3v) is 2.95. The van der Waals surface area contributed by atoms with E-state index >= 15 is 0 Å². The van der Waals surface area contributed by atoms with Crippen LogP contribution in [0.1, 0.15) is 11.1 Å². The summed E-state index contributed by atoms with van der Waals surface area (Å²) in [7, 11) is 0. The van der Waals surface area contributed by atoms with Gasteiger partial charge in [0.25, 0.3) is 5.91 Å². The number of aromatic nitrogens is 1. The van der Waals surface area contributed by atoms with Crippen LogP contribution in [0.4, 0.5) is 11.5 Å². The Kier molecular flexibility index (Phi) is 4.89. The maximum absolute atomic E-state index is 12.0. The fraction of sp³-hybridized carbons (Fsp3) is 0.118. The van der Waals surface area contributed by atoms with E-state index in [-0.39, 0.29) is 5.57 Å². The number of nitrogens with one attached hydrogen (secondary N) is 2. The van der Waals surface area contributed by atoms with Crippen LogP contribution in [0.5, 0.6) is 0 Å². The van der Waals surface area contributed by atoms with E-state index in [1.54, 1.807) is 24.4 Å². The summed E-state index contributed by atoms with van der Waals surface area (Å²) in [4.78, 5) is 16.2. The molecule has 0 saturated heterocycles. The highest BCUT2D eigenvalue weighted by atomic mass is 16.1. The largest absolute Gasteiger partial charge is 0.345 e. The second kappa shape index (κ2) is 7.04. The number of carbonyl (C=O) groups is 1. The van der Waals surface area contributed by atoms with E-state index in [2.05, 4.69) is 15.6 Å². The quantitative estimate of drug-likeness (QED) is 0.670.